The molecule has 3 atom stereocenters. The molecule has 0 bridgehead atoms. The maximum absolute atomic E-state index is 11.6. The van der Waals surface area contributed by atoms with Gasteiger partial charge in [0, 0.05) is 13.0 Å². The first-order chi connectivity index (χ1) is 7.75. The van der Waals surface area contributed by atoms with Crippen molar-refractivity contribution >= 4 is 11.9 Å². The third-order valence-electron chi connectivity index (χ3n) is 3.06. The molecule has 0 aromatic heterocycles. The molecule has 1 amide bonds. The lowest BCUT2D eigenvalue weighted by molar-refractivity contribution is -0.214. The lowest BCUT2D eigenvalue weighted by atomic mass is 10.1. The minimum absolute atomic E-state index is 0.0509. The Balaban J connectivity index is 1.60. The maximum Gasteiger partial charge on any atom is 0.361 e. The number of ether oxygens (including phenoxy) is 2. The minimum atomic E-state index is -0.521. The smallest absolute Gasteiger partial charge is 0.361 e. The van der Waals surface area contributed by atoms with Gasteiger partial charge in [0.15, 0.2) is 12.3 Å². The summed E-state index contributed by atoms with van der Waals surface area (Å²) >= 11 is 0. The van der Waals surface area contributed by atoms with Gasteiger partial charge in [0.25, 0.3) is 5.91 Å². The molecule has 0 aliphatic carbocycles. The van der Waals surface area contributed by atoms with E-state index in [0.717, 1.165) is 17.9 Å². The van der Waals surface area contributed by atoms with Crippen LogP contribution in [0.25, 0.3) is 0 Å². The van der Waals surface area contributed by atoms with Crippen LogP contribution in [0.5, 0.6) is 0 Å². The molecule has 0 aromatic carbocycles. The predicted molar refractivity (Wildman–Crippen MR) is 49.8 cm³/mol. The van der Waals surface area contributed by atoms with E-state index in [-0.39, 0.29) is 18.2 Å². The molecule has 6 nitrogen and oxygen atoms in total. The molecule has 3 saturated heterocycles. The summed E-state index contributed by atoms with van der Waals surface area (Å²) in [6, 6.07) is 0. The number of nitrogens with zero attached hydrogens (tertiary/aromatic N) is 1. The van der Waals surface area contributed by atoms with Gasteiger partial charge >= 0.3 is 5.97 Å². The van der Waals surface area contributed by atoms with E-state index in [1.807, 2.05) is 0 Å². The standard InChI is InChI=1S/C10H13NO5/c12-8-4-3-6-9(15-6)11(8)16-10(13)7-2-1-5-14-7/h6-7,9H,1-5H2. The molecular formula is C10H13NO5. The van der Waals surface area contributed by atoms with Crippen LogP contribution in [-0.4, -0.2) is 42.0 Å². The predicted octanol–water partition coefficient (Wildman–Crippen LogP) is -0.0291. The summed E-state index contributed by atoms with van der Waals surface area (Å²) in [5, 5.41) is 1.07. The van der Waals surface area contributed by atoms with E-state index in [4.69, 9.17) is 14.3 Å². The summed E-state index contributed by atoms with van der Waals surface area (Å²) in [4.78, 5) is 28.2. The van der Waals surface area contributed by atoms with Crippen LogP contribution < -0.4 is 0 Å². The summed E-state index contributed by atoms with van der Waals surface area (Å²) in [6.07, 6.45) is 1.79. The van der Waals surface area contributed by atoms with Gasteiger partial charge in [-0.2, -0.15) is 0 Å². The second-order valence-electron chi connectivity index (χ2n) is 4.24. The number of piperidine rings is 1. The zero-order chi connectivity index (χ0) is 11.1. The van der Waals surface area contributed by atoms with Gasteiger partial charge in [-0.3, -0.25) is 4.79 Å². The number of carbonyl (C=O) groups is 2. The number of hydrogen-bond donors (Lipinski definition) is 0. The Hall–Kier alpha value is -1.14. The fraction of sp³-hybridized carbons (Fsp3) is 0.800. The van der Waals surface area contributed by atoms with Crippen molar-refractivity contribution in [1.29, 1.82) is 0 Å². The number of rotatable bonds is 2. The van der Waals surface area contributed by atoms with Gasteiger partial charge < -0.3 is 14.3 Å². The number of amides is 1. The number of hydrogen-bond acceptors (Lipinski definition) is 5. The highest BCUT2D eigenvalue weighted by Gasteiger charge is 2.52. The van der Waals surface area contributed by atoms with Crippen LogP contribution in [0.1, 0.15) is 25.7 Å². The monoisotopic (exact) mass is 227 g/mol. The van der Waals surface area contributed by atoms with E-state index in [9.17, 15) is 9.59 Å². The Bertz CT molecular complexity index is 325. The van der Waals surface area contributed by atoms with Crippen LogP contribution in [0.2, 0.25) is 0 Å². The molecule has 3 aliphatic rings. The van der Waals surface area contributed by atoms with Crippen molar-refractivity contribution in [3.8, 4) is 0 Å². The van der Waals surface area contributed by atoms with Crippen molar-refractivity contribution in [3.05, 3.63) is 0 Å². The van der Waals surface area contributed by atoms with Gasteiger partial charge in [0.2, 0.25) is 0 Å². The van der Waals surface area contributed by atoms with Crippen LogP contribution in [0.4, 0.5) is 0 Å². The molecule has 0 N–H and O–H groups in total. The van der Waals surface area contributed by atoms with Gasteiger partial charge in [0.05, 0.1) is 0 Å². The largest absolute Gasteiger partial charge is 0.366 e. The topological polar surface area (TPSA) is 68.4 Å². The van der Waals surface area contributed by atoms with Crippen molar-refractivity contribution in [1.82, 2.24) is 5.06 Å². The summed E-state index contributed by atoms with van der Waals surface area (Å²) in [6.45, 7) is 0.580. The highest BCUT2D eigenvalue weighted by atomic mass is 16.8. The van der Waals surface area contributed by atoms with E-state index in [2.05, 4.69) is 0 Å². The third-order valence-corrected chi connectivity index (χ3v) is 3.06. The number of carbonyl (C=O) groups excluding carboxylic acids is 2. The van der Waals surface area contributed by atoms with Gasteiger partial charge in [-0.25, -0.2) is 4.79 Å². The molecule has 88 valence electrons. The van der Waals surface area contributed by atoms with Gasteiger partial charge in [0.1, 0.15) is 6.10 Å². The summed E-state index contributed by atoms with van der Waals surface area (Å²) in [5.74, 6) is -0.674. The number of fused-ring (bicyclic) bond motifs is 1. The summed E-state index contributed by atoms with van der Waals surface area (Å²) in [7, 11) is 0. The second kappa shape index (κ2) is 3.71. The zero-order valence-electron chi connectivity index (χ0n) is 8.76. The molecule has 6 heteroatoms. The van der Waals surface area contributed by atoms with Crippen molar-refractivity contribution in [2.45, 2.75) is 44.1 Å². The highest BCUT2D eigenvalue weighted by Crippen LogP contribution is 2.35. The average Bonchev–Trinajstić information content (AvgIpc) is 2.85. The highest BCUT2D eigenvalue weighted by molar-refractivity contribution is 5.81. The number of epoxide rings is 1. The Kier molecular flexibility index (Phi) is 2.33. The molecule has 3 heterocycles. The zero-order valence-corrected chi connectivity index (χ0v) is 8.76. The van der Waals surface area contributed by atoms with Crippen LogP contribution in [-0.2, 0) is 23.9 Å². The summed E-state index contributed by atoms with van der Waals surface area (Å²) in [5.41, 5.74) is 0. The molecule has 0 aromatic rings. The van der Waals surface area contributed by atoms with E-state index in [1.165, 1.54) is 0 Å². The molecule has 0 saturated carbocycles. The van der Waals surface area contributed by atoms with E-state index >= 15 is 0 Å². The van der Waals surface area contributed by atoms with Crippen LogP contribution in [0, 0.1) is 0 Å². The van der Waals surface area contributed by atoms with Crippen molar-refractivity contribution in [2.75, 3.05) is 6.61 Å². The molecule has 0 spiro atoms. The lowest BCUT2D eigenvalue weighted by Gasteiger charge is -2.22. The molecule has 3 rings (SSSR count). The van der Waals surface area contributed by atoms with Gasteiger partial charge in [-0.05, 0) is 19.3 Å². The van der Waals surface area contributed by atoms with Crippen LogP contribution in [0.15, 0.2) is 0 Å². The first-order valence-corrected chi connectivity index (χ1v) is 5.56. The normalized spacial score (nSPS) is 37.1. The van der Waals surface area contributed by atoms with Crippen molar-refractivity contribution < 1.29 is 23.9 Å². The fourth-order valence-corrected chi connectivity index (χ4v) is 2.09. The minimum Gasteiger partial charge on any atom is -0.366 e. The SMILES string of the molecule is O=C(ON1C(=O)CCC2OC21)C1CCCO1. The van der Waals surface area contributed by atoms with E-state index < -0.39 is 12.1 Å². The summed E-state index contributed by atoms with van der Waals surface area (Å²) < 4.78 is 10.4. The van der Waals surface area contributed by atoms with Crippen molar-refractivity contribution in [2.24, 2.45) is 0 Å². The average molecular weight is 227 g/mol. The van der Waals surface area contributed by atoms with Gasteiger partial charge in [-0.15, -0.1) is 5.06 Å². The first-order valence-electron chi connectivity index (χ1n) is 5.56. The first kappa shape index (κ1) is 10.0. The quantitative estimate of drug-likeness (QED) is 0.620. The fourth-order valence-electron chi connectivity index (χ4n) is 2.09. The van der Waals surface area contributed by atoms with E-state index in [0.29, 0.717) is 19.4 Å². The Morgan fingerprint density at radius 1 is 1.44 bits per heavy atom. The molecule has 3 unspecified atom stereocenters. The van der Waals surface area contributed by atoms with Crippen LogP contribution in [0.3, 0.4) is 0 Å². The molecular weight excluding hydrogens is 214 g/mol. The molecule has 0 radical (unpaired) electrons. The molecule has 16 heavy (non-hydrogen) atoms. The Morgan fingerprint density at radius 3 is 3.06 bits per heavy atom. The Morgan fingerprint density at radius 2 is 2.31 bits per heavy atom. The molecule has 3 aliphatic heterocycles. The van der Waals surface area contributed by atoms with E-state index in [1.54, 1.807) is 0 Å². The van der Waals surface area contributed by atoms with Gasteiger partial charge in [-0.1, -0.05) is 0 Å². The number of hydroxylamine groups is 2. The third kappa shape index (κ3) is 1.68. The van der Waals surface area contributed by atoms with Crippen LogP contribution >= 0.6 is 0 Å². The lowest BCUT2D eigenvalue weighted by Crippen LogP contribution is -2.42. The second-order valence-corrected chi connectivity index (χ2v) is 4.24. The molecule has 3 fully saturated rings. The maximum atomic E-state index is 11.6. The Labute approximate surface area is 92.4 Å². The van der Waals surface area contributed by atoms with Crippen molar-refractivity contribution in [3.63, 3.8) is 0 Å².